The second kappa shape index (κ2) is 8.94. The molecule has 8 heteroatoms. The van der Waals surface area contributed by atoms with Crippen LogP contribution >= 0.6 is 0 Å². The Labute approximate surface area is 270 Å². The summed E-state index contributed by atoms with van der Waals surface area (Å²) in [5.41, 5.74) is -0.973. The number of rotatable bonds is 6. The van der Waals surface area contributed by atoms with Crippen LogP contribution in [0.15, 0.2) is 35.1 Å². The Balaban J connectivity index is 1.39. The quantitative estimate of drug-likeness (QED) is 0.211. The van der Waals surface area contributed by atoms with Crippen molar-refractivity contribution >= 4 is 18.0 Å². The highest BCUT2D eigenvalue weighted by Crippen LogP contribution is 2.76. The number of carbonyl (C=O) groups is 3. The Morgan fingerprint density at radius 1 is 1.07 bits per heavy atom. The van der Waals surface area contributed by atoms with Crippen molar-refractivity contribution in [3.05, 3.63) is 51.8 Å². The van der Waals surface area contributed by atoms with Crippen LogP contribution in [0.4, 0.5) is 0 Å². The number of benzene rings is 1. The van der Waals surface area contributed by atoms with Gasteiger partial charge in [0.25, 0.3) is 6.47 Å². The lowest BCUT2D eigenvalue weighted by atomic mass is 9.37. The summed E-state index contributed by atoms with van der Waals surface area (Å²) in [5.74, 6) is 0.590. The van der Waals surface area contributed by atoms with E-state index in [1.54, 1.807) is 19.1 Å². The number of Topliss-reactive ketones (excluding diaryl/α,β-unsaturated/α-hetero) is 2. The van der Waals surface area contributed by atoms with E-state index in [0.29, 0.717) is 48.1 Å². The summed E-state index contributed by atoms with van der Waals surface area (Å²) in [6.45, 7) is 16.8. The van der Waals surface area contributed by atoms with Gasteiger partial charge in [-0.05, 0) is 84.6 Å². The van der Waals surface area contributed by atoms with Gasteiger partial charge in [-0.3, -0.25) is 14.4 Å². The number of carbonyl (C=O) groups excluding carboxylic acids is 3. The number of aromatic hydroxyl groups is 1. The third-order valence-electron chi connectivity index (χ3n) is 13.1. The summed E-state index contributed by atoms with van der Waals surface area (Å²) in [6, 6.07) is 0. The van der Waals surface area contributed by atoms with Gasteiger partial charge in [-0.15, -0.1) is 0 Å². The zero-order valence-corrected chi connectivity index (χ0v) is 28.0. The van der Waals surface area contributed by atoms with Gasteiger partial charge in [0.1, 0.15) is 34.2 Å². The van der Waals surface area contributed by atoms with Crippen LogP contribution in [0.1, 0.15) is 108 Å². The third kappa shape index (κ3) is 3.27. The lowest BCUT2D eigenvalue weighted by molar-refractivity contribution is -0.214. The first-order valence-corrected chi connectivity index (χ1v) is 16.8. The van der Waals surface area contributed by atoms with Crippen LogP contribution < -0.4 is 9.47 Å². The van der Waals surface area contributed by atoms with Crippen LogP contribution in [0, 0.1) is 29.1 Å². The molecular formula is C38H44O8. The Morgan fingerprint density at radius 2 is 1.80 bits per heavy atom. The van der Waals surface area contributed by atoms with Crippen molar-refractivity contribution in [2.24, 2.45) is 29.1 Å². The van der Waals surface area contributed by atoms with Gasteiger partial charge in [-0.1, -0.05) is 31.6 Å². The number of hydrogen-bond acceptors (Lipinski definition) is 8. The topological polar surface area (TPSA) is 108 Å². The summed E-state index contributed by atoms with van der Waals surface area (Å²) in [5, 5.41) is 12.2. The predicted octanol–water partition coefficient (Wildman–Crippen LogP) is 6.68. The van der Waals surface area contributed by atoms with Crippen molar-refractivity contribution in [3.63, 3.8) is 0 Å². The molecule has 0 aromatic heterocycles. The van der Waals surface area contributed by atoms with E-state index in [0.717, 1.165) is 29.5 Å². The molecule has 3 aliphatic heterocycles. The molecule has 9 aliphatic rings. The van der Waals surface area contributed by atoms with Crippen molar-refractivity contribution in [2.45, 2.75) is 116 Å². The molecule has 8 nitrogen and oxygen atoms in total. The van der Waals surface area contributed by atoms with Crippen LogP contribution in [0.5, 0.6) is 17.2 Å². The second-order valence-corrected chi connectivity index (χ2v) is 16.4. The van der Waals surface area contributed by atoms with E-state index in [2.05, 4.69) is 26.8 Å². The lowest BCUT2D eigenvalue weighted by Crippen LogP contribution is -2.72. The highest BCUT2D eigenvalue weighted by molar-refractivity contribution is 6.18. The summed E-state index contributed by atoms with van der Waals surface area (Å²) < 4.78 is 26.2. The Kier molecular flexibility index (Phi) is 5.83. The van der Waals surface area contributed by atoms with E-state index in [4.69, 9.17) is 18.9 Å². The fourth-order valence-electron chi connectivity index (χ4n) is 11.3. The number of fused-ring (bicyclic) bond motifs is 3. The van der Waals surface area contributed by atoms with E-state index in [1.807, 2.05) is 27.7 Å². The first-order chi connectivity index (χ1) is 21.6. The standard InChI is InChI=1S/C38H44O8/c1-18(2)9-10-21-30-26(25-22-12-13-36(8,44-30)32(25)34(22,4)5)29(41)27-28(40)23-15-20-16-24-35(6,7)46-37(33(20)42,14-11-19(3)43-17-39)38(23,24)45-31(21)27/h9,11,15,17,20,22,24-25,32,41H,10,12-14,16H2,1-8H3/b19-11-/t20?,22?,24?,25-,32?,36-,37-,38-/m1/s1. The fraction of sp³-hybridized carbons (Fsp3) is 0.605. The van der Waals surface area contributed by atoms with E-state index >= 15 is 0 Å². The first kappa shape index (κ1) is 30.0. The molecule has 46 heavy (non-hydrogen) atoms. The molecule has 0 amide bonds. The van der Waals surface area contributed by atoms with Gasteiger partial charge in [0.05, 0.1) is 5.60 Å². The first-order valence-electron chi connectivity index (χ1n) is 16.8. The zero-order chi connectivity index (χ0) is 32.9. The molecule has 4 unspecified atom stereocenters. The minimum absolute atomic E-state index is 0.0457. The molecule has 1 aromatic rings. The normalized spacial score (nSPS) is 39.5. The second-order valence-electron chi connectivity index (χ2n) is 16.4. The summed E-state index contributed by atoms with van der Waals surface area (Å²) in [4.78, 5) is 40.5. The molecule has 0 radical (unpaired) electrons. The van der Waals surface area contributed by atoms with Crippen LogP contribution in [0.25, 0.3) is 0 Å². The SMILES string of the molecule is CC(C)=CCc1c2c(c(O)c3c1O[C@]1(C)CCC4[C@H]3C1C4(C)C)C(=O)C1=CC3CC4C(C)(C)O[C@](C/C=C(/C)OC=O)(C3=O)[C@@]14O2. The largest absolute Gasteiger partial charge is 0.507 e. The zero-order valence-electron chi connectivity index (χ0n) is 28.0. The molecule has 5 fully saturated rings. The monoisotopic (exact) mass is 628 g/mol. The molecule has 244 valence electrons. The summed E-state index contributed by atoms with van der Waals surface area (Å²) in [7, 11) is 0. The maximum absolute atomic E-state index is 15.0. The number of ether oxygens (including phenoxy) is 4. The van der Waals surface area contributed by atoms with E-state index < -0.39 is 28.3 Å². The number of allylic oxidation sites excluding steroid dienone is 4. The summed E-state index contributed by atoms with van der Waals surface area (Å²) in [6.07, 6.45) is 8.48. The van der Waals surface area contributed by atoms with Crippen molar-refractivity contribution in [2.75, 3.05) is 0 Å². The molecule has 4 saturated carbocycles. The molecule has 1 aromatic carbocycles. The average Bonchev–Trinajstić information content (AvgIpc) is 3.12. The maximum atomic E-state index is 15.0. The van der Waals surface area contributed by atoms with Gasteiger partial charge in [-0.25, -0.2) is 0 Å². The lowest BCUT2D eigenvalue weighted by Gasteiger charge is -2.70. The van der Waals surface area contributed by atoms with Gasteiger partial charge in [0, 0.05) is 46.8 Å². The molecule has 1 N–H and O–H groups in total. The van der Waals surface area contributed by atoms with E-state index in [1.165, 1.54) is 0 Å². The van der Waals surface area contributed by atoms with Crippen LogP contribution in [-0.4, -0.2) is 45.5 Å². The van der Waals surface area contributed by atoms with Crippen LogP contribution in [0.2, 0.25) is 0 Å². The minimum Gasteiger partial charge on any atom is -0.507 e. The number of phenols is 1. The number of ketones is 2. The van der Waals surface area contributed by atoms with Crippen LogP contribution in [0.3, 0.4) is 0 Å². The van der Waals surface area contributed by atoms with Crippen molar-refractivity contribution in [1.82, 2.24) is 0 Å². The molecule has 8 bridgehead atoms. The predicted molar refractivity (Wildman–Crippen MR) is 169 cm³/mol. The minimum atomic E-state index is -1.52. The van der Waals surface area contributed by atoms with E-state index in [-0.39, 0.29) is 52.5 Å². The molecule has 1 saturated heterocycles. The van der Waals surface area contributed by atoms with Crippen LogP contribution in [-0.2, 0) is 25.5 Å². The van der Waals surface area contributed by atoms with E-state index in [9.17, 15) is 19.5 Å². The number of phenolic OH excluding ortho intramolecular Hbond substituents is 1. The average molecular weight is 629 g/mol. The fourth-order valence-corrected chi connectivity index (χ4v) is 11.3. The van der Waals surface area contributed by atoms with Gasteiger partial charge in [0.2, 0.25) is 0 Å². The van der Waals surface area contributed by atoms with Crippen molar-refractivity contribution in [1.29, 1.82) is 0 Å². The highest BCUT2D eigenvalue weighted by atomic mass is 16.6. The Hall–Kier alpha value is -3.39. The smallest absolute Gasteiger partial charge is 0.298 e. The molecular weight excluding hydrogens is 584 g/mol. The maximum Gasteiger partial charge on any atom is 0.298 e. The van der Waals surface area contributed by atoms with Crippen molar-refractivity contribution in [3.8, 4) is 17.2 Å². The van der Waals surface area contributed by atoms with Gasteiger partial charge < -0.3 is 24.1 Å². The Bertz CT molecular complexity index is 1740. The Morgan fingerprint density at radius 3 is 2.48 bits per heavy atom. The van der Waals surface area contributed by atoms with Gasteiger partial charge in [-0.2, -0.15) is 0 Å². The molecule has 6 aliphatic carbocycles. The highest BCUT2D eigenvalue weighted by Gasteiger charge is 2.81. The van der Waals surface area contributed by atoms with Gasteiger partial charge >= 0.3 is 0 Å². The third-order valence-corrected chi connectivity index (χ3v) is 13.1. The molecule has 8 atom stereocenters. The molecule has 1 spiro atoms. The van der Waals surface area contributed by atoms with Crippen molar-refractivity contribution < 1.29 is 38.4 Å². The molecule has 10 rings (SSSR count). The van der Waals surface area contributed by atoms with Gasteiger partial charge in [0.15, 0.2) is 22.8 Å². The molecule has 3 heterocycles. The summed E-state index contributed by atoms with van der Waals surface area (Å²) >= 11 is 0. The number of hydrogen-bond donors (Lipinski definition) is 1.